The summed E-state index contributed by atoms with van der Waals surface area (Å²) in [7, 11) is 0. The van der Waals surface area contributed by atoms with Crippen molar-refractivity contribution in [2.24, 2.45) is 0 Å². The van der Waals surface area contributed by atoms with Gasteiger partial charge in [-0.3, -0.25) is 9.59 Å². The van der Waals surface area contributed by atoms with Crippen LogP contribution in [0.3, 0.4) is 0 Å². The molecule has 158 valence electrons. The van der Waals surface area contributed by atoms with Crippen LogP contribution in [0, 0.1) is 13.8 Å². The lowest BCUT2D eigenvalue weighted by Gasteiger charge is -2.08. The Morgan fingerprint density at radius 1 is 1.00 bits per heavy atom. The molecule has 5 nitrogen and oxygen atoms in total. The van der Waals surface area contributed by atoms with Crippen molar-refractivity contribution in [3.05, 3.63) is 89.6 Å². The molecular formula is C25H23NO4S. The van der Waals surface area contributed by atoms with Crippen LogP contribution in [-0.2, 0) is 16.1 Å². The number of esters is 1. The summed E-state index contributed by atoms with van der Waals surface area (Å²) >= 11 is 1.40. The molecule has 0 spiro atoms. The smallest absolute Gasteiger partial charge is 0.316 e. The molecule has 2 aromatic heterocycles. The van der Waals surface area contributed by atoms with Gasteiger partial charge in [-0.1, -0.05) is 30.3 Å². The molecule has 0 fully saturated rings. The number of carbonyl (C=O) groups is 2. The molecule has 6 heteroatoms. The third kappa shape index (κ3) is 4.91. The maximum absolute atomic E-state index is 12.6. The molecule has 2 aromatic carbocycles. The fourth-order valence-electron chi connectivity index (χ4n) is 3.55. The third-order valence-electron chi connectivity index (χ3n) is 5.21. The molecule has 0 aliphatic rings. The highest BCUT2D eigenvalue weighted by atomic mass is 32.2. The molecule has 0 atom stereocenters. The maximum Gasteiger partial charge on any atom is 0.316 e. The van der Waals surface area contributed by atoms with E-state index in [0.29, 0.717) is 12.1 Å². The third-order valence-corrected chi connectivity index (χ3v) is 6.18. The van der Waals surface area contributed by atoms with Gasteiger partial charge in [0.25, 0.3) is 0 Å². The first kappa shape index (κ1) is 21.0. The molecule has 0 radical (unpaired) electrons. The fourth-order valence-corrected chi connectivity index (χ4v) is 4.29. The van der Waals surface area contributed by atoms with Gasteiger partial charge in [-0.25, -0.2) is 0 Å². The molecule has 0 aliphatic carbocycles. The average molecular weight is 434 g/mol. The molecule has 0 saturated heterocycles. The maximum atomic E-state index is 12.6. The summed E-state index contributed by atoms with van der Waals surface area (Å²) in [5.41, 5.74) is 2.36. The molecule has 0 saturated carbocycles. The number of carbonyl (C=O) groups excluding carboxylic acids is 2. The molecule has 2 heterocycles. The minimum absolute atomic E-state index is 0.156. The van der Waals surface area contributed by atoms with Crippen molar-refractivity contribution >= 4 is 34.3 Å². The summed E-state index contributed by atoms with van der Waals surface area (Å²) in [6.45, 7) is 4.13. The van der Waals surface area contributed by atoms with Crippen LogP contribution in [0.4, 0.5) is 0 Å². The highest BCUT2D eigenvalue weighted by molar-refractivity contribution is 8.00. The number of aromatic nitrogens is 1. The second-order valence-corrected chi connectivity index (χ2v) is 8.38. The summed E-state index contributed by atoms with van der Waals surface area (Å²) in [5.74, 6) is 0.361. The zero-order valence-electron chi connectivity index (χ0n) is 17.5. The lowest BCUT2D eigenvalue weighted by atomic mass is 10.1. The quantitative estimate of drug-likeness (QED) is 0.211. The van der Waals surface area contributed by atoms with Crippen LogP contribution in [0.5, 0.6) is 0 Å². The van der Waals surface area contributed by atoms with E-state index in [4.69, 9.17) is 9.15 Å². The van der Waals surface area contributed by atoms with Gasteiger partial charge in [-0.15, -0.1) is 11.8 Å². The zero-order chi connectivity index (χ0) is 21.8. The van der Waals surface area contributed by atoms with E-state index in [1.807, 2.05) is 73.0 Å². The Labute approximate surface area is 185 Å². The molecule has 0 unspecified atom stereocenters. The Morgan fingerprint density at radius 2 is 1.81 bits per heavy atom. The minimum atomic E-state index is -0.407. The van der Waals surface area contributed by atoms with Gasteiger partial charge in [0.05, 0.1) is 18.6 Å². The lowest BCUT2D eigenvalue weighted by molar-refractivity contribution is -0.139. The van der Waals surface area contributed by atoms with Crippen LogP contribution in [0.15, 0.2) is 76.2 Å². The highest BCUT2D eigenvalue weighted by Gasteiger charge is 2.18. The number of hydrogen-bond acceptors (Lipinski definition) is 5. The van der Waals surface area contributed by atoms with Crippen molar-refractivity contribution in [2.45, 2.75) is 25.3 Å². The lowest BCUT2D eigenvalue weighted by Crippen LogP contribution is -2.16. The van der Waals surface area contributed by atoms with E-state index in [-0.39, 0.29) is 18.1 Å². The number of Topliss-reactive ketones (excluding diaryl/α,β-unsaturated/α-hetero) is 1. The number of thioether (sulfide) groups is 1. The first-order valence-electron chi connectivity index (χ1n) is 10.0. The largest absolute Gasteiger partial charge is 0.467 e. The van der Waals surface area contributed by atoms with Crippen LogP contribution < -0.4 is 0 Å². The van der Waals surface area contributed by atoms with Crippen LogP contribution >= 0.6 is 11.8 Å². The van der Waals surface area contributed by atoms with Crippen LogP contribution in [-0.4, -0.2) is 28.7 Å². The summed E-state index contributed by atoms with van der Waals surface area (Å²) in [6.07, 6.45) is 1.63. The second-order valence-electron chi connectivity index (χ2n) is 7.33. The van der Waals surface area contributed by atoms with Crippen molar-refractivity contribution in [3.8, 4) is 0 Å². The summed E-state index contributed by atoms with van der Waals surface area (Å²) in [6, 6.07) is 19.7. The molecule has 0 aliphatic heterocycles. The monoisotopic (exact) mass is 433 g/mol. The molecule has 0 bridgehead atoms. The molecule has 4 rings (SSSR count). The predicted molar refractivity (Wildman–Crippen MR) is 122 cm³/mol. The number of ether oxygens (including phenoxy) is 1. The van der Waals surface area contributed by atoms with Crippen molar-refractivity contribution in [3.63, 3.8) is 0 Å². The second kappa shape index (κ2) is 9.27. The van der Waals surface area contributed by atoms with Gasteiger partial charge in [0, 0.05) is 21.8 Å². The van der Waals surface area contributed by atoms with Crippen molar-refractivity contribution in [1.29, 1.82) is 0 Å². The number of hydrogen-bond donors (Lipinski definition) is 0. The number of furan rings is 1. The van der Waals surface area contributed by atoms with Gasteiger partial charge >= 0.3 is 5.97 Å². The molecule has 0 N–H and O–H groups in total. The fraction of sp³-hybridized carbons (Fsp3) is 0.200. The molecule has 0 amide bonds. The molecular weight excluding hydrogens is 410 g/mol. The number of ketones is 1. The average Bonchev–Trinajstić information content (AvgIpc) is 3.39. The number of benzene rings is 2. The first-order chi connectivity index (χ1) is 15.0. The standard InChI is InChI=1S/C25H23NO4S/c1-17-12-23(18(2)26(17)14-21-8-5-11-29-21)24(27)15-30-25(28)16-31-22-10-9-19-6-3-4-7-20(19)13-22/h3-13H,14-16H2,1-2H3. The predicted octanol–water partition coefficient (Wildman–Crippen LogP) is 5.42. The van der Waals surface area contributed by atoms with E-state index in [1.54, 1.807) is 6.26 Å². The number of fused-ring (bicyclic) bond motifs is 1. The number of aryl methyl sites for hydroxylation is 1. The SMILES string of the molecule is Cc1cc(C(=O)COC(=O)CSc2ccc3ccccc3c2)c(C)n1Cc1ccco1. The van der Waals surface area contributed by atoms with E-state index in [2.05, 4.69) is 6.07 Å². The van der Waals surface area contributed by atoms with E-state index in [9.17, 15) is 9.59 Å². The Balaban J connectivity index is 1.32. The van der Waals surface area contributed by atoms with Crippen LogP contribution in [0.2, 0.25) is 0 Å². The van der Waals surface area contributed by atoms with E-state index in [0.717, 1.165) is 32.8 Å². The van der Waals surface area contributed by atoms with Crippen LogP contribution in [0.25, 0.3) is 10.8 Å². The normalized spacial score (nSPS) is 11.0. The Kier molecular flexibility index (Phi) is 6.28. The van der Waals surface area contributed by atoms with Crippen molar-refractivity contribution in [1.82, 2.24) is 4.57 Å². The number of rotatable bonds is 8. The molecule has 31 heavy (non-hydrogen) atoms. The minimum Gasteiger partial charge on any atom is -0.467 e. The summed E-state index contributed by atoms with van der Waals surface area (Å²) in [5, 5.41) is 2.28. The topological polar surface area (TPSA) is 61.4 Å². The van der Waals surface area contributed by atoms with Gasteiger partial charge in [-0.2, -0.15) is 0 Å². The number of nitrogens with zero attached hydrogens (tertiary/aromatic N) is 1. The van der Waals surface area contributed by atoms with E-state index in [1.165, 1.54) is 11.8 Å². The van der Waals surface area contributed by atoms with Crippen molar-refractivity contribution < 1.29 is 18.7 Å². The Bertz CT molecular complexity index is 1220. The van der Waals surface area contributed by atoms with Gasteiger partial charge in [0.15, 0.2) is 6.61 Å². The zero-order valence-corrected chi connectivity index (χ0v) is 18.3. The Morgan fingerprint density at radius 3 is 2.58 bits per heavy atom. The van der Waals surface area contributed by atoms with Gasteiger partial charge < -0.3 is 13.7 Å². The highest BCUT2D eigenvalue weighted by Crippen LogP contribution is 2.24. The van der Waals surface area contributed by atoms with Gasteiger partial charge in [-0.05, 0) is 55.0 Å². The summed E-state index contributed by atoms with van der Waals surface area (Å²) < 4.78 is 12.7. The van der Waals surface area contributed by atoms with Crippen LogP contribution in [0.1, 0.15) is 27.5 Å². The van der Waals surface area contributed by atoms with Crippen molar-refractivity contribution in [2.75, 3.05) is 12.4 Å². The Hall–Kier alpha value is -3.25. The van der Waals surface area contributed by atoms with Gasteiger partial charge in [0.1, 0.15) is 5.76 Å². The van der Waals surface area contributed by atoms with E-state index >= 15 is 0 Å². The van der Waals surface area contributed by atoms with Gasteiger partial charge in [0.2, 0.25) is 5.78 Å². The summed E-state index contributed by atoms with van der Waals surface area (Å²) in [4.78, 5) is 25.8. The van der Waals surface area contributed by atoms with E-state index < -0.39 is 5.97 Å². The molecule has 4 aromatic rings. The first-order valence-corrected chi connectivity index (χ1v) is 11.0.